The maximum absolute atomic E-state index is 6.19. The minimum Gasteiger partial charge on any atom is -0.381 e. The van der Waals surface area contributed by atoms with Gasteiger partial charge in [-0.15, -0.1) is 0 Å². The van der Waals surface area contributed by atoms with E-state index in [1.807, 2.05) is 12.1 Å². The van der Waals surface area contributed by atoms with Crippen LogP contribution in [0.1, 0.15) is 32.1 Å². The smallest absolute Gasteiger partial charge is 0.0835 e. The Morgan fingerprint density at radius 2 is 1.75 bits per heavy atom. The minimum absolute atomic E-state index is 0.545. The Morgan fingerprint density at radius 1 is 1.06 bits per heavy atom. The molecule has 1 N–H and O–H groups in total. The molecule has 88 valence electrons. The molecule has 0 radical (unpaired) electrons. The molecule has 0 heterocycles. The third-order valence-corrected chi connectivity index (χ3v) is 4.77. The predicted octanol–water partition coefficient (Wildman–Crippen LogP) is 5.50. The number of hydrogen-bond donors (Lipinski definition) is 1. The maximum Gasteiger partial charge on any atom is 0.0835 e. The van der Waals surface area contributed by atoms with Crippen LogP contribution in [-0.2, 0) is 0 Å². The molecule has 1 aromatic rings. The van der Waals surface area contributed by atoms with Gasteiger partial charge >= 0.3 is 0 Å². The van der Waals surface area contributed by atoms with Gasteiger partial charge in [0.15, 0.2) is 0 Å². The second-order valence-electron chi connectivity index (χ2n) is 4.20. The molecule has 1 aliphatic carbocycles. The van der Waals surface area contributed by atoms with Gasteiger partial charge in [-0.2, -0.15) is 0 Å². The van der Waals surface area contributed by atoms with Crippen LogP contribution in [-0.4, -0.2) is 6.04 Å². The summed E-state index contributed by atoms with van der Waals surface area (Å²) in [6, 6.07) is 4.45. The average molecular weight is 323 g/mol. The fourth-order valence-corrected chi connectivity index (χ4v) is 2.93. The lowest BCUT2D eigenvalue weighted by molar-refractivity contribution is 0.463. The maximum atomic E-state index is 6.19. The SMILES string of the molecule is Clc1c(Br)ccc(NC2CCCCC2)c1Cl. The number of halogens is 3. The molecule has 2 rings (SSSR count). The molecule has 0 spiro atoms. The number of anilines is 1. The van der Waals surface area contributed by atoms with E-state index >= 15 is 0 Å². The summed E-state index contributed by atoms with van der Waals surface area (Å²) < 4.78 is 0.841. The van der Waals surface area contributed by atoms with Crippen molar-refractivity contribution in [1.29, 1.82) is 0 Å². The highest BCUT2D eigenvalue weighted by atomic mass is 79.9. The zero-order chi connectivity index (χ0) is 11.5. The van der Waals surface area contributed by atoms with E-state index in [0.29, 0.717) is 16.1 Å². The monoisotopic (exact) mass is 321 g/mol. The van der Waals surface area contributed by atoms with Crippen LogP contribution < -0.4 is 5.32 Å². The van der Waals surface area contributed by atoms with Gasteiger partial charge in [0.2, 0.25) is 0 Å². The van der Waals surface area contributed by atoms with Gasteiger partial charge in [-0.05, 0) is 40.9 Å². The van der Waals surface area contributed by atoms with Crippen LogP contribution in [0.4, 0.5) is 5.69 Å². The Balaban J connectivity index is 2.11. The zero-order valence-electron chi connectivity index (χ0n) is 8.90. The van der Waals surface area contributed by atoms with Crippen molar-refractivity contribution in [3.63, 3.8) is 0 Å². The summed E-state index contributed by atoms with van der Waals surface area (Å²) in [5.74, 6) is 0. The molecule has 0 aliphatic heterocycles. The van der Waals surface area contributed by atoms with Crippen LogP contribution in [0.25, 0.3) is 0 Å². The molecule has 1 aliphatic rings. The van der Waals surface area contributed by atoms with Gasteiger partial charge < -0.3 is 5.32 Å². The normalized spacial score (nSPS) is 17.4. The molecule has 1 fully saturated rings. The van der Waals surface area contributed by atoms with Crippen molar-refractivity contribution in [3.8, 4) is 0 Å². The first-order chi connectivity index (χ1) is 7.68. The number of benzene rings is 1. The Hall–Kier alpha value is 0.0800. The van der Waals surface area contributed by atoms with E-state index in [1.54, 1.807) is 0 Å². The van der Waals surface area contributed by atoms with Crippen LogP contribution in [0.15, 0.2) is 16.6 Å². The molecule has 1 aromatic carbocycles. The molecular weight excluding hydrogens is 309 g/mol. The topological polar surface area (TPSA) is 12.0 Å². The largest absolute Gasteiger partial charge is 0.381 e. The van der Waals surface area contributed by atoms with Crippen LogP contribution in [0, 0.1) is 0 Å². The standard InChI is InChI=1S/C12H14BrCl2N/c13-9-6-7-10(12(15)11(9)14)16-8-4-2-1-3-5-8/h6-8,16H,1-5H2. The van der Waals surface area contributed by atoms with Crippen molar-refractivity contribution in [2.75, 3.05) is 5.32 Å². The van der Waals surface area contributed by atoms with E-state index in [0.717, 1.165) is 10.2 Å². The molecule has 16 heavy (non-hydrogen) atoms. The summed E-state index contributed by atoms with van der Waals surface area (Å²) in [5.41, 5.74) is 0.946. The van der Waals surface area contributed by atoms with Gasteiger partial charge in [0.25, 0.3) is 0 Å². The second kappa shape index (κ2) is 5.61. The summed E-state index contributed by atoms with van der Waals surface area (Å²) in [6.45, 7) is 0. The summed E-state index contributed by atoms with van der Waals surface area (Å²) in [6.07, 6.45) is 6.42. The molecule has 0 unspecified atom stereocenters. The molecule has 0 saturated heterocycles. The summed E-state index contributed by atoms with van der Waals surface area (Å²) in [5, 5.41) is 4.68. The van der Waals surface area contributed by atoms with Crippen LogP contribution >= 0.6 is 39.1 Å². The third kappa shape index (κ3) is 2.85. The highest BCUT2D eigenvalue weighted by Gasteiger charge is 2.15. The van der Waals surface area contributed by atoms with Crippen LogP contribution in [0.3, 0.4) is 0 Å². The Morgan fingerprint density at radius 3 is 2.44 bits per heavy atom. The number of nitrogens with one attached hydrogen (secondary N) is 1. The van der Waals surface area contributed by atoms with Gasteiger partial charge in [0.05, 0.1) is 15.7 Å². The Kier molecular flexibility index (Phi) is 4.40. The molecule has 0 aromatic heterocycles. The molecule has 0 amide bonds. The van der Waals surface area contributed by atoms with E-state index in [9.17, 15) is 0 Å². The summed E-state index contributed by atoms with van der Waals surface area (Å²) >= 11 is 15.6. The first-order valence-electron chi connectivity index (χ1n) is 5.58. The molecule has 0 atom stereocenters. The van der Waals surface area contributed by atoms with E-state index < -0.39 is 0 Å². The molecule has 1 nitrogen and oxygen atoms in total. The molecule has 0 bridgehead atoms. The minimum atomic E-state index is 0.545. The van der Waals surface area contributed by atoms with Crippen molar-refractivity contribution in [3.05, 3.63) is 26.7 Å². The van der Waals surface area contributed by atoms with Gasteiger partial charge in [-0.25, -0.2) is 0 Å². The molecule has 1 saturated carbocycles. The second-order valence-corrected chi connectivity index (χ2v) is 5.81. The number of rotatable bonds is 2. The highest BCUT2D eigenvalue weighted by Crippen LogP contribution is 2.36. The van der Waals surface area contributed by atoms with Crippen molar-refractivity contribution in [1.82, 2.24) is 0 Å². The van der Waals surface area contributed by atoms with E-state index in [4.69, 9.17) is 23.2 Å². The fraction of sp³-hybridized carbons (Fsp3) is 0.500. The lowest BCUT2D eigenvalue weighted by atomic mass is 9.95. The van der Waals surface area contributed by atoms with Gasteiger partial charge in [0, 0.05) is 10.5 Å². The Labute approximate surface area is 115 Å². The van der Waals surface area contributed by atoms with Crippen LogP contribution in [0.2, 0.25) is 10.0 Å². The first kappa shape index (κ1) is 12.5. The van der Waals surface area contributed by atoms with E-state index in [1.165, 1.54) is 32.1 Å². The molecule has 4 heteroatoms. The van der Waals surface area contributed by atoms with Gasteiger partial charge in [-0.1, -0.05) is 42.5 Å². The number of hydrogen-bond acceptors (Lipinski definition) is 1. The summed E-state index contributed by atoms with van der Waals surface area (Å²) in [7, 11) is 0. The van der Waals surface area contributed by atoms with E-state index in [2.05, 4.69) is 21.2 Å². The van der Waals surface area contributed by atoms with Crippen molar-refractivity contribution >= 4 is 44.8 Å². The summed E-state index contributed by atoms with van der Waals surface area (Å²) in [4.78, 5) is 0. The molecular formula is C12H14BrCl2N. The lowest BCUT2D eigenvalue weighted by Crippen LogP contribution is -2.22. The lowest BCUT2D eigenvalue weighted by Gasteiger charge is -2.24. The van der Waals surface area contributed by atoms with Gasteiger partial charge in [0.1, 0.15) is 0 Å². The zero-order valence-corrected chi connectivity index (χ0v) is 12.0. The van der Waals surface area contributed by atoms with Crippen molar-refractivity contribution in [2.45, 2.75) is 38.1 Å². The van der Waals surface area contributed by atoms with E-state index in [-0.39, 0.29) is 0 Å². The first-order valence-corrected chi connectivity index (χ1v) is 7.13. The van der Waals surface area contributed by atoms with Crippen LogP contribution in [0.5, 0.6) is 0 Å². The quantitative estimate of drug-likeness (QED) is 0.709. The van der Waals surface area contributed by atoms with Gasteiger partial charge in [-0.3, -0.25) is 0 Å². The Bertz CT molecular complexity index is 376. The third-order valence-electron chi connectivity index (χ3n) is 3.00. The van der Waals surface area contributed by atoms with Crippen molar-refractivity contribution < 1.29 is 0 Å². The average Bonchev–Trinajstić information content (AvgIpc) is 2.31. The predicted molar refractivity (Wildman–Crippen MR) is 74.7 cm³/mol. The van der Waals surface area contributed by atoms with Crippen molar-refractivity contribution in [2.24, 2.45) is 0 Å². The fourth-order valence-electron chi connectivity index (χ4n) is 2.10. The highest BCUT2D eigenvalue weighted by molar-refractivity contribution is 9.10.